The molecule has 4 nitrogen and oxygen atoms in total. The van der Waals surface area contributed by atoms with Crippen molar-refractivity contribution in [3.05, 3.63) is 67.8 Å². The number of nitrogens with zero attached hydrogens (tertiary/aromatic N) is 1. The van der Waals surface area contributed by atoms with Crippen molar-refractivity contribution < 1.29 is 9.15 Å². The monoisotopic (exact) mass is 391 g/mol. The van der Waals surface area contributed by atoms with Gasteiger partial charge < -0.3 is 9.15 Å². The minimum Gasteiger partial charge on any atom is -0.496 e. The first-order valence-electron chi connectivity index (χ1n) is 6.69. The molecule has 0 radical (unpaired) electrons. The van der Waals surface area contributed by atoms with E-state index in [0.717, 1.165) is 10.0 Å². The van der Waals surface area contributed by atoms with E-state index < -0.39 is 5.63 Å². The molecule has 0 N–H and O–H groups in total. The van der Waals surface area contributed by atoms with Crippen LogP contribution >= 0.6 is 27.5 Å². The second-order valence-corrected chi connectivity index (χ2v) is 6.07. The predicted octanol–water partition coefficient (Wildman–Crippen LogP) is 4.78. The van der Waals surface area contributed by atoms with Gasteiger partial charge in [-0.1, -0.05) is 27.5 Å². The summed E-state index contributed by atoms with van der Waals surface area (Å²) in [6.07, 6.45) is 3.39. The van der Waals surface area contributed by atoms with Crippen molar-refractivity contribution in [2.24, 2.45) is 0 Å². The summed E-state index contributed by atoms with van der Waals surface area (Å²) >= 11 is 9.35. The molecule has 3 rings (SSSR count). The Morgan fingerprint density at radius 1 is 1.22 bits per heavy atom. The maximum absolute atomic E-state index is 12.0. The van der Waals surface area contributed by atoms with Gasteiger partial charge >= 0.3 is 5.63 Å². The second-order valence-electron chi connectivity index (χ2n) is 4.72. The van der Waals surface area contributed by atoms with Crippen molar-refractivity contribution in [3.8, 4) is 5.75 Å². The van der Waals surface area contributed by atoms with E-state index in [2.05, 4.69) is 20.9 Å². The van der Waals surface area contributed by atoms with Crippen molar-refractivity contribution in [1.82, 2.24) is 4.98 Å². The first-order chi connectivity index (χ1) is 11.1. The summed E-state index contributed by atoms with van der Waals surface area (Å²) < 4.78 is 11.4. The lowest BCUT2D eigenvalue weighted by molar-refractivity contribution is 0.414. The maximum Gasteiger partial charge on any atom is 0.347 e. The highest BCUT2D eigenvalue weighted by molar-refractivity contribution is 9.10. The molecule has 0 spiro atoms. The highest BCUT2D eigenvalue weighted by Gasteiger charge is 2.06. The summed E-state index contributed by atoms with van der Waals surface area (Å²) in [5.41, 5.74) is 0.875. The number of hydrogen-bond acceptors (Lipinski definition) is 4. The quantitative estimate of drug-likeness (QED) is 0.643. The zero-order valence-electron chi connectivity index (χ0n) is 12.0. The summed E-state index contributed by atoms with van der Waals surface area (Å²) in [6.45, 7) is 0. The van der Waals surface area contributed by atoms with Crippen LogP contribution in [0.25, 0.3) is 23.1 Å². The lowest BCUT2D eigenvalue weighted by Gasteiger charge is -2.04. The molecule has 0 aliphatic heterocycles. The van der Waals surface area contributed by atoms with Gasteiger partial charge in [-0.05, 0) is 42.5 Å². The first-order valence-corrected chi connectivity index (χ1v) is 7.86. The van der Waals surface area contributed by atoms with E-state index in [4.69, 9.17) is 20.8 Å². The van der Waals surface area contributed by atoms with Gasteiger partial charge in [-0.25, -0.2) is 9.78 Å². The average molecular weight is 393 g/mol. The van der Waals surface area contributed by atoms with Crippen molar-refractivity contribution in [1.29, 1.82) is 0 Å². The number of ether oxygens (including phenoxy) is 1. The maximum atomic E-state index is 12.0. The number of benzene rings is 2. The van der Waals surface area contributed by atoms with Crippen molar-refractivity contribution in [2.45, 2.75) is 0 Å². The van der Waals surface area contributed by atoms with E-state index in [-0.39, 0.29) is 5.89 Å². The molecule has 1 heterocycles. The van der Waals surface area contributed by atoms with Crippen LogP contribution in [0.4, 0.5) is 0 Å². The fourth-order valence-corrected chi connectivity index (χ4v) is 2.67. The Bertz CT molecular complexity index is 966. The standard InChI is InChI=1S/C17H11BrClNO3/c1-22-15-6-3-11(18)8-10(15)2-7-16-20-14-9-12(19)4-5-13(14)17(21)23-16/h2-9H,1H3. The van der Waals surface area contributed by atoms with Crippen molar-refractivity contribution in [3.63, 3.8) is 0 Å². The molecule has 0 fully saturated rings. The second kappa shape index (κ2) is 6.56. The van der Waals surface area contributed by atoms with Crippen LogP contribution in [0.5, 0.6) is 5.75 Å². The zero-order chi connectivity index (χ0) is 16.4. The van der Waals surface area contributed by atoms with Gasteiger partial charge in [-0.15, -0.1) is 0 Å². The molecule has 0 amide bonds. The van der Waals surface area contributed by atoms with Crippen LogP contribution in [0.1, 0.15) is 11.5 Å². The van der Waals surface area contributed by atoms with E-state index in [0.29, 0.717) is 21.7 Å². The summed E-state index contributed by atoms with van der Waals surface area (Å²) in [4.78, 5) is 16.3. The number of rotatable bonds is 3. The predicted molar refractivity (Wildman–Crippen MR) is 94.9 cm³/mol. The van der Waals surface area contributed by atoms with Gasteiger partial charge in [0.15, 0.2) is 0 Å². The molecule has 0 unspecified atom stereocenters. The molecule has 3 aromatic rings. The van der Waals surface area contributed by atoms with E-state index in [9.17, 15) is 4.79 Å². The van der Waals surface area contributed by atoms with Crippen LogP contribution in [0.15, 0.2) is 50.1 Å². The Hall–Kier alpha value is -2.11. The van der Waals surface area contributed by atoms with Gasteiger partial charge in [0, 0.05) is 21.1 Å². The summed E-state index contributed by atoms with van der Waals surface area (Å²) in [7, 11) is 1.59. The van der Waals surface area contributed by atoms with E-state index in [1.165, 1.54) is 0 Å². The van der Waals surface area contributed by atoms with Crippen LogP contribution in [0.2, 0.25) is 5.02 Å². The van der Waals surface area contributed by atoms with Gasteiger partial charge in [-0.2, -0.15) is 0 Å². The molecule has 23 heavy (non-hydrogen) atoms. The Kier molecular flexibility index (Phi) is 4.50. The van der Waals surface area contributed by atoms with Gasteiger partial charge in [-0.3, -0.25) is 0 Å². The van der Waals surface area contributed by atoms with E-state index in [1.54, 1.807) is 37.5 Å². The fourth-order valence-electron chi connectivity index (χ4n) is 2.13. The van der Waals surface area contributed by atoms with Crippen LogP contribution in [0.3, 0.4) is 0 Å². The third kappa shape index (κ3) is 3.46. The molecule has 0 saturated carbocycles. The largest absolute Gasteiger partial charge is 0.496 e. The van der Waals surface area contributed by atoms with Gasteiger partial charge in [0.1, 0.15) is 5.75 Å². The Morgan fingerprint density at radius 2 is 2.04 bits per heavy atom. The fraction of sp³-hybridized carbons (Fsp3) is 0.0588. The number of fused-ring (bicyclic) bond motifs is 1. The normalized spacial score (nSPS) is 11.3. The van der Waals surface area contributed by atoms with Crippen LogP contribution in [0, 0.1) is 0 Å². The number of aromatic nitrogens is 1. The first kappa shape index (κ1) is 15.8. The molecule has 6 heteroatoms. The molecular formula is C17H11BrClNO3. The minimum atomic E-state index is -0.451. The molecule has 2 aromatic carbocycles. The van der Waals surface area contributed by atoms with Gasteiger partial charge in [0.2, 0.25) is 5.89 Å². The van der Waals surface area contributed by atoms with Gasteiger partial charge in [0.05, 0.1) is 18.0 Å². The minimum absolute atomic E-state index is 0.201. The number of hydrogen-bond donors (Lipinski definition) is 0. The third-order valence-corrected chi connectivity index (χ3v) is 3.93. The SMILES string of the molecule is COc1ccc(Br)cc1C=Cc1nc2cc(Cl)ccc2c(=O)o1. The van der Waals surface area contributed by atoms with Crippen molar-refractivity contribution >= 4 is 50.6 Å². The topological polar surface area (TPSA) is 52.3 Å². The molecule has 1 aromatic heterocycles. The van der Waals surface area contributed by atoms with E-state index >= 15 is 0 Å². The zero-order valence-corrected chi connectivity index (χ0v) is 14.4. The highest BCUT2D eigenvalue weighted by Crippen LogP contribution is 2.25. The van der Waals surface area contributed by atoms with Crippen LogP contribution < -0.4 is 10.4 Å². The van der Waals surface area contributed by atoms with Crippen LogP contribution in [-0.2, 0) is 0 Å². The molecule has 0 atom stereocenters. The third-order valence-electron chi connectivity index (χ3n) is 3.20. The summed E-state index contributed by atoms with van der Waals surface area (Å²) in [5.74, 6) is 0.905. The smallest absolute Gasteiger partial charge is 0.347 e. The Morgan fingerprint density at radius 3 is 2.83 bits per heavy atom. The highest BCUT2D eigenvalue weighted by atomic mass is 79.9. The lowest BCUT2D eigenvalue weighted by atomic mass is 10.2. The Labute approximate surface area is 145 Å². The van der Waals surface area contributed by atoms with E-state index in [1.807, 2.05) is 18.2 Å². The summed E-state index contributed by atoms with van der Waals surface area (Å²) in [6, 6.07) is 10.5. The van der Waals surface area contributed by atoms with Crippen molar-refractivity contribution in [2.75, 3.05) is 7.11 Å². The average Bonchev–Trinajstić information content (AvgIpc) is 2.52. The lowest BCUT2D eigenvalue weighted by Crippen LogP contribution is -2.02. The molecule has 0 aliphatic rings. The Balaban J connectivity index is 2.05. The summed E-state index contributed by atoms with van der Waals surface area (Å²) in [5, 5.41) is 0.908. The number of halogens is 2. The molecule has 116 valence electrons. The molecule has 0 aliphatic carbocycles. The molecule has 0 bridgehead atoms. The van der Waals surface area contributed by atoms with Crippen LogP contribution in [-0.4, -0.2) is 12.1 Å². The molecular weight excluding hydrogens is 382 g/mol. The van der Waals surface area contributed by atoms with Gasteiger partial charge in [0.25, 0.3) is 0 Å². The molecule has 0 saturated heterocycles. The number of methoxy groups -OCH3 is 1.